The summed E-state index contributed by atoms with van der Waals surface area (Å²) in [6.07, 6.45) is 3.36. The number of hydrogen-bond acceptors (Lipinski definition) is 2. The summed E-state index contributed by atoms with van der Waals surface area (Å²) >= 11 is 0. The van der Waals surface area contributed by atoms with Gasteiger partial charge in [-0.2, -0.15) is 0 Å². The molecule has 1 aliphatic heterocycles. The summed E-state index contributed by atoms with van der Waals surface area (Å²) in [6, 6.07) is 0.548. The molecule has 0 radical (unpaired) electrons. The average molecular weight is 168 g/mol. The van der Waals surface area contributed by atoms with Gasteiger partial charge in [0.25, 0.3) is 0 Å². The Hall–Kier alpha value is -0.340. The summed E-state index contributed by atoms with van der Waals surface area (Å²) in [6.45, 7) is 9.65. The van der Waals surface area contributed by atoms with Gasteiger partial charge >= 0.3 is 0 Å². The Bertz CT molecular complexity index is 145. The molecule has 0 saturated carbocycles. The van der Waals surface area contributed by atoms with Gasteiger partial charge < -0.3 is 5.32 Å². The minimum absolute atomic E-state index is 0.548. The van der Waals surface area contributed by atoms with E-state index in [1.54, 1.807) is 0 Å². The van der Waals surface area contributed by atoms with E-state index in [4.69, 9.17) is 0 Å². The lowest BCUT2D eigenvalue weighted by molar-refractivity contribution is 0.287. The number of nitrogens with zero attached hydrogens (tertiary/aromatic N) is 1. The van der Waals surface area contributed by atoms with E-state index in [0.717, 1.165) is 12.5 Å². The summed E-state index contributed by atoms with van der Waals surface area (Å²) in [5.74, 6) is 0.845. The quantitative estimate of drug-likeness (QED) is 0.632. The van der Waals surface area contributed by atoms with Gasteiger partial charge in [0, 0.05) is 12.6 Å². The van der Waals surface area contributed by atoms with E-state index in [2.05, 4.69) is 23.7 Å². The van der Waals surface area contributed by atoms with Crippen molar-refractivity contribution in [3.05, 3.63) is 12.7 Å². The molecule has 0 spiro atoms. The van der Waals surface area contributed by atoms with Crippen LogP contribution in [0.4, 0.5) is 0 Å². The van der Waals surface area contributed by atoms with E-state index in [1.165, 1.54) is 19.5 Å². The molecule has 0 aromatic carbocycles. The fraction of sp³-hybridized carbons (Fsp3) is 0.800. The van der Waals surface area contributed by atoms with Crippen molar-refractivity contribution in [1.82, 2.24) is 10.2 Å². The van der Waals surface area contributed by atoms with Crippen LogP contribution >= 0.6 is 0 Å². The maximum Gasteiger partial charge on any atom is 0.0247 e. The first-order valence-corrected chi connectivity index (χ1v) is 4.79. The first-order chi connectivity index (χ1) is 5.77. The van der Waals surface area contributed by atoms with Gasteiger partial charge in [0.1, 0.15) is 0 Å². The molecule has 2 nitrogen and oxygen atoms in total. The van der Waals surface area contributed by atoms with Crippen LogP contribution in [0.25, 0.3) is 0 Å². The van der Waals surface area contributed by atoms with Crippen LogP contribution in [-0.4, -0.2) is 37.6 Å². The van der Waals surface area contributed by atoms with Crippen molar-refractivity contribution in [2.75, 3.05) is 26.7 Å². The Kier molecular flexibility index (Phi) is 3.76. The predicted molar refractivity (Wildman–Crippen MR) is 53.3 cm³/mol. The third kappa shape index (κ3) is 2.32. The van der Waals surface area contributed by atoms with Crippen molar-refractivity contribution in [2.45, 2.75) is 19.4 Å². The van der Waals surface area contributed by atoms with Crippen LogP contribution in [0.3, 0.4) is 0 Å². The SMILES string of the molecule is C=CC(C)N1CCC(CNC)C1. The van der Waals surface area contributed by atoms with Gasteiger partial charge in [-0.1, -0.05) is 6.08 Å². The minimum atomic E-state index is 0.548. The maximum atomic E-state index is 3.82. The summed E-state index contributed by atoms with van der Waals surface area (Å²) in [5, 5.41) is 3.23. The second-order valence-electron chi connectivity index (χ2n) is 3.68. The Labute approximate surface area is 75.6 Å². The molecule has 2 heteroatoms. The Morgan fingerprint density at radius 2 is 2.50 bits per heavy atom. The van der Waals surface area contributed by atoms with Gasteiger partial charge in [-0.05, 0) is 39.4 Å². The predicted octanol–water partition coefficient (Wildman–Crippen LogP) is 1.10. The third-order valence-corrected chi connectivity index (χ3v) is 2.73. The van der Waals surface area contributed by atoms with E-state index < -0.39 is 0 Å². The van der Waals surface area contributed by atoms with E-state index in [-0.39, 0.29) is 0 Å². The number of nitrogens with one attached hydrogen (secondary N) is 1. The fourth-order valence-corrected chi connectivity index (χ4v) is 1.84. The van der Waals surface area contributed by atoms with Crippen molar-refractivity contribution in [3.63, 3.8) is 0 Å². The van der Waals surface area contributed by atoms with Crippen LogP contribution < -0.4 is 5.32 Å². The number of hydrogen-bond donors (Lipinski definition) is 1. The summed E-state index contributed by atoms with van der Waals surface area (Å²) in [5.41, 5.74) is 0. The van der Waals surface area contributed by atoms with E-state index >= 15 is 0 Å². The first kappa shape index (κ1) is 9.75. The summed E-state index contributed by atoms with van der Waals surface area (Å²) in [7, 11) is 2.03. The Morgan fingerprint density at radius 3 is 3.08 bits per heavy atom. The lowest BCUT2D eigenvalue weighted by Crippen LogP contribution is -2.30. The molecule has 2 unspecified atom stereocenters. The highest BCUT2D eigenvalue weighted by atomic mass is 15.2. The van der Waals surface area contributed by atoms with Crippen molar-refractivity contribution < 1.29 is 0 Å². The molecule has 1 aliphatic rings. The number of likely N-dealkylation sites (tertiary alicyclic amines) is 1. The molecule has 0 aromatic rings. The normalized spacial score (nSPS) is 27.3. The topological polar surface area (TPSA) is 15.3 Å². The molecule has 1 fully saturated rings. The lowest BCUT2D eigenvalue weighted by Gasteiger charge is -2.20. The molecular weight excluding hydrogens is 148 g/mol. The minimum Gasteiger partial charge on any atom is -0.319 e. The molecule has 1 heterocycles. The zero-order valence-corrected chi connectivity index (χ0v) is 8.21. The zero-order chi connectivity index (χ0) is 8.97. The van der Waals surface area contributed by atoms with Gasteiger partial charge in [-0.15, -0.1) is 6.58 Å². The Balaban J connectivity index is 2.29. The summed E-state index contributed by atoms with van der Waals surface area (Å²) < 4.78 is 0. The van der Waals surface area contributed by atoms with Crippen LogP contribution in [0.2, 0.25) is 0 Å². The monoisotopic (exact) mass is 168 g/mol. The molecule has 0 aliphatic carbocycles. The second kappa shape index (κ2) is 4.63. The molecule has 12 heavy (non-hydrogen) atoms. The van der Waals surface area contributed by atoms with Gasteiger partial charge in [0.05, 0.1) is 0 Å². The fourth-order valence-electron chi connectivity index (χ4n) is 1.84. The van der Waals surface area contributed by atoms with Crippen molar-refractivity contribution in [1.29, 1.82) is 0 Å². The molecule has 0 bridgehead atoms. The van der Waals surface area contributed by atoms with E-state index in [0.29, 0.717) is 6.04 Å². The third-order valence-electron chi connectivity index (χ3n) is 2.73. The van der Waals surface area contributed by atoms with E-state index in [9.17, 15) is 0 Å². The van der Waals surface area contributed by atoms with Crippen molar-refractivity contribution in [2.24, 2.45) is 5.92 Å². The molecular formula is C10H20N2. The molecule has 1 rings (SSSR count). The van der Waals surface area contributed by atoms with Gasteiger partial charge in [-0.25, -0.2) is 0 Å². The van der Waals surface area contributed by atoms with E-state index in [1.807, 2.05) is 13.1 Å². The highest BCUT2D eigenvalue weighted by molar-refractivity contribution is 4.88. The number of rotatable bonds is 4. The second-order valence-corrected chi connectivity index (χ2v) is 3.68. The van der Waals surface area contributed by atoms with Crippen LogP contribution in [0.1, 0.15) is 13.3 Å². The smallest absolute Gasteiger partial charge is 0.0247 e. The molecule has 0 amide bonds. The molecule has 1 N–H and O–H groups in total. The highest BCUT2D eigenvalue weighted by Gasteiger charge is 2.23. The molecule has 2 atom stereocenters. The molecule has 0 aromatic heterocycles. The standard InChI is InChI=1S/C10H20N2/c1-4-9(2)12-6-5-10(8-12)7-11-3/h4,9-11H,1,5-8H2,2-3H3. The highest BCUT2D eigenvalue weighted by Crippen LogP contribution is 2.17. The Morgan fingerprint density at radius 1 is 1.75 bits per heavy atom. The summed E-state index contributed by atoms with van der Waals surface area (Å²) in [4.78, 5) is 2.50. The van der Waals surface area contributed by atoms with Crippen LogP contribution in [0.15, 0.2) is 12.7 Å². The maximum absolute atomic E-state index is 3.82. The van der Waals surface area contributed by atoms with Crippen molar-refractivity contribution >= 4 is 0 Å². The first-order valence-electron chi connectivity index (χ1n) is 4.79. The van der Waals surface area contributed by atoms with Crippen LogP contribution in [-0.2, 0) is 0 Å². The zero-order valence-electron chi connectivity index (χ0n) is 8.21. The van der Waals surface area contributed by atoms with Crippen molar-refractivity contribution in [3.8, 4) is 0 Å². The van der Waals surface area contributed by atoms with Gasteiger partial charge in [0.2, 0.25) is 0 Å². The average Bonchev–Trinajstić information content (AvgIpc) is 2.52. The van der Waals surface area contributed by atoms with Crippen LogP contribution in [0, 0.1) is 5.92 Å². The van der Waals surface area contributed by atoms with Crippen LogP contribution in [0.5, 0.6) is 0 Å². The molecule has 1 saturated heterocycles. The largest absolute Gasteiger partial charge is 0.319 e. The molecule has 70 valence electrons. The van der Waals surface area contributed by atoms with Gasteiger partial charge in [-0.3, -0.25) is 4.90 Å². The lowest BCUT2D eigenvalue weighted by atomic mass is 10.1. The van der Waals surface area contributed by atoms with Gasteiger partial charge in [0.15, 0.2) is 0 Å².